The van der Waals surface area contributed by atoms with Crippen molar-refractivity contribution in [3.63, 3.8) is 0 Å². The molecule has 0 amide bonds. The van der Waals surface area contributed by atoms with Gasteiger partial charge >= 0.3 is 0 Å². The Morgan fingerprint density at radius 2 is 1.45 bits per heavy atom. The van der Waals surface area contributed by atoms with E-state index >= 15 is 0 Å². The smallest absolute Gasteiger partial charge is 0.119 e. The van der Waals surface area contributed by atoms with Crippen LogP contribution in [0.5, 0.6) is 11.5 Å². The number of methoxy groups -OCH3 is 1. The van der Waals surface area contributed by atoms with Gasteiger partial charge in [-0.15, -0.1) is 12.4 Å². The molecule has 1 aliphatic rings. The first kappa shape index (κ1) is 24.9. The summed E-state index contributed by atoms with van der Waals surface area (Å²) in [6.45, 7) is 10.3. The Morgan fingerprint density at radius 3 is 2.09 bits per heavy atom. The number of allylic oxidation sites excluding steroid dienone is 1. The SMILES string of the molecule is CCN(CC)CCOc1ccc(C2=C(c3ccc(C)cc3)Cc3cc(OC)ccc32)cc1.Cl. The first-order valence-corrected chi connectivity index (χ1v) is 11.6. The Morgan fingerprint density at radius 1 is 0.818 bits per heavy atom. The Kier molecular flexibility index (Phi) is 8.60. The van der Waals surface area contributed by atoms with Crippen LogP contribution in [0.25, 0.3) is 11.1 Å². The lowest BCUT2D eigenvalue weighted by molar-refractivity contribution is 0.223. The van der Waals surface area contributed by atoms with Gasteiger partial charge in [0.1, 0.15) is 18.1 Å². The van der Waals surface area contributed by atoms with E-state index in [0.717, 1.165) is 37.6 Å². The third-order valence-corrected chi connectivity index (χ3v) is 6.36. The normalized spacial score (nSPS) is 12.5. The number of likely N-dealkylation sites (N-methyl/N-ethyl adjacent to an activating group) is 1. The van der Waals surface area contributed by atoms with Gasteiger partial charge in [0.25, 0.3) is 0 Å². The van der Waals surface area contributed by atoms with E-state index in [0.29, 0.717) is 6.61 Å². The lowest BCUT2D eigenvalue weighted by Crippen LogP contribution is -2.27. The van der Waals surface area contributed by atoms with Crippen molar-refractivity contribution in [3.8, 4) is 11.5 Å². The molecule has 174 valence electrons. The minimum atomic E-state index is 0. The van der Waals surface area contributed by atoms with Gasteiger partial charge in [-0.3, -0.25) is 0 Å². The van der Waals surface area contributed by atoms with Crippen LogP contribution >= 0.6 is 12.4 Å². The Labute approximate surface area is 204 Å². The number of hydrogen-bond donors (Lipinski definition) is 0. The second-order valence-corrected chi connectivity index (χ2v) is 8.32. The molecule has 0 saturated carbocycles. The molecule has 0 unspecified atom stereocenters. The van der Waals surface area contributed by atoms with E-state index in [2.05, 4.69) is 92.4 Å². The second-order valence-electron chi connectivity index (χ2n) is 8.32. The summed E-state index contributed by atoms with van der Waals surface area (Å²) < 4.78 is 11.5. The second kappa shape index (κ2) is 11.4. The maximum absolute atomic E-state index is 6.01. The summed E-state index contributed by atoms with van der Waals surface area (Å²) in [4.78, 5) is 2.37. The molecule has 3 nitrogen and oxygen atoms in total. The monoisotopic (exact) mass is 463 g/mol. The predicted octanol–water partition coefficient (Wildman–Crippen LogP) is 6.66. The zero-order valence-electron chi connectivity index (χ0n) is 20.1. The van der Waals surface area contributed by atoms with Crippen LogP contribution in [0.2, 0.25) is 0 Å². The van der Waals surface area contributed by atoms with Crippen molar-refractivity contribution >= 4 is 23.6 Å². The van der Waals surface area contributed by atoms with Crippen molar-refractivity contribution in [2.75, 3.05) is 33.4 Å². The van der Waals surface area contributed by atoms with Gasteiger partial charge in [-0.1, -0.05) is 61.9 Å². The number of nitrogens with zero attached hydrogens (tertiary/aromatic N) is 1. The molecule has 0 atom stereocenters. The van der Waals surface area contributed by atoms with Gasteiger partial charge in [0.05, 0.1) is 7.11 Å². The maximum Gasteiger partial charge on any atom is 0.119 e. The molecule has 0 heterocycles. The third kappa shape index (κ3) is 5.61. The van der Waals surface area contributed by atoms with Crippen LogP contribution in [0.1, 0.15) is 41.7 Å². The van der Waals surface area contributed by atoms with Gasteiger partial charge in [0.2, 0.25) is 0 Å². The molecular weight excluding hydrogens is 430 g/mol. The summed E-state index contributed by atoms with van der Waals surface area (Å²) >= 11 is 0. The molecule has 0 aromatic heterocycles. The molecule has 4 heteroatoms. The number of hydrogen-bond acceptors (Lipinski definition) is 3. The van der Waals surface area contributed by atoms with Crippen LogP contribution in [-0.4, -0.2) is 38.3 Å². The number of fused-ring (bicyclic) bond motifs is 1. The van der Waals surface area contributed by atoms with Crippen LogP contribution in [0.3, 0.4) is 0 Å². The van der Waals surface area contributed by atoms with E-state index in [-0.39, 0.29) is 12.4 Å². The van der Waals surface area contributed by atoms with Crippen LogP contribution in [0.4, 0.5) is 0 Å². The number of ether oxygens (including phenoxy) is 2. The van der Waals surface area contributed by atoms with E-state index in [4.69, 9.17) is 9.47 Å². The summed E-state index contributed by atoms with van der Waals surface area (Å²) in [6.07, 6.45) is 0.910. The molecule has 33 heavy (non-hydrogen) atoms. The van der Waals surface area contributed by atoms with Gasteiger partial charge in [-0.25, -0.2) is 0 Å². The highest BCUT2D eigenvalue weighted by Crippen LogP contribution is 2.43. The van der Waals surface area contributed by atoms with Crippen molar-refractivity contribution < 1.29 is 9.47 Å². The lowest BCUT2D eigenvalue weighted by atomic mass is 9.94. The zero-order valence-corrected chi connectivity index (χ0v) is 20.9. The van der Waals surface area contributed by atoms with E-state index in [9.17, 15) is 0 Å². The molecule has 0 aliphatic heterocycles. The minimum absolute atomic E-state index is 0. The fraction of sp³-hybridized carbons (Fsp3) is 0.310. The Balaban J connectivity index is 0.00000306. The standard InChI is InChI=1S/C29H33NO2.ClH/c1-5-30(6-2)17-18-32-25-13-11-23(12-14-25)29-27-16-15-26(31-4)19-24(27)20-28(29)22-9-7-21(3)8-10-22;/h7-16,19H,5-6,17-18,20H2,1-4H3;1H. The van der Waals surface area contributed by atoms with Crippen LogP contribution < -0.4 is 9.47 Å². The highest BCUT2D eigenvalue weighted by molar-refractivity contribution is 6.03. The molecule has 1 aliphatic carbocycles. The largest absolute Gasteiger partial charge is 0.497 e. The van der Waals surface area contributed by atoms with Crippen molar-refractivity contribution in [2.24, 2.45) is 0 Å². The van der Waals surface area contributed by atoms with Crippen LogP contribution in [0.15, 0.2) is 66.7 Å². The van der Waals surface area contributed by atoms with Crippen LogP contribution in [0, 0.1) is 6.92 Å². The van der Waals surface area contributed by atoms with E-state index in [1.165, 1.54) is 39.0 Å². The summed E-state index contributed by atoms with van der Waals surface area (Å²) in [5.41, 5.74) is 9.05. The van der Waals surface area contributed by atoms with Crippen molar-refractivity contribution in [2.45, 2.75) is 27.2 Å². The first-order valence-electron chi connectivity index (χ1n) is 11.6. The van der Waals surface area contributed by atoms with E-state index < -0.39 is 0 Å². The number of aryl methyl sites for hydroxylation is 1. The average Bonchev–Trinajstić information content (AvgIpc) is 3.21. The summed E-state index contributed by atoms with van der Waals surface area (Å²) in [6, 6.07) is 23.8. The van der Waals surface area contributed by atoms with Crippen LogP contribution in [-0.2, 0) is 6.42 Å². The summed E-state index contributed by atoms with van der Waals surface area (Å²) in [5.74, 6) is 1.83. The topological polar surface area (TPSA) is 21.7 Å². The molecule has 0 N–H and O–H groups in total. The molecule has 3 aromatic carbocycles. The summed E-state index contributed by atoms with van der Waals surface area (Å²) in [5, 5.41) is 0. The van der Waals surface area contributed by atoms with Gasteiger partial charge in [-0.2, -0.15) is 0 Å². The number of halogens is 1. The fourth-order valence-electron chi connectivity index (χ4n) is 4.41. The molecule has 3 aromatic rings. The lowest BCUT2D eigenvalue weighted by Gasteiger charge is -2.18. The van der Waals surface area contributed by atoms with Crippen molar-refractivity contribution in [3.05, 3.63) is 94.5 Å². The zero-order chi connectivity index (χ0) is 22.5. The molecule has 0 saturated heterocycles. The van der Waals surface area contributed by atoms with Gasteiger partial charge < -0.3 is 14.4 Å². The summed E-state index contributed by atoms with van der Waals surface area (Å²) in [7, 11) is 1.73. The number of benzene rings is 3. The molecule has 0 fully saturated rings. The number of rotatable bonds is 9. The highest BCUT2D eigenvalue weighted by Gasteiger charge is 2.24. The van der Waals surface area contributed by atoms with Gasteiger partial charge in [-0.05, 0) is 84.1 Å². The average molecular weight is 464 g/mol. The molecule has 0 spiro atoms. The fourth-order valence-corrected chi connectivity index (χ4v) is 4.41. The molecule has 0 bridgehead atoms. The predicted molar refractivity (Wildman–Crippen MR) is 141 cm³/mol. The Hall–Kier alpha value is -2.75. The third-order valence-electron chi connectivity index (χ3n) is 6.36. The Bertz CT molecular complexity index is 1080. The quantitative estimate of drug-likeness (QED) is 0.354. The molecule has 0 radical (unpaired) electrons. The maximum atomic E-state index is 6.01. The van der Waals surface area contributed by atoms with Gasteiger partial charge in [0.15, 0.2) is 0 Å². The molecular formula is C29H34ClNO2. The first-order chi connectivity index (χ1) is 15.6. The molecule has 4 rings (SSSR count). The van der Waals surface area contributed by atoms with E-state index in [1.54, 1.807) is 7.11 Å². The van der Waals surface area contributed by atoms with E-state index in [1.807, 2.05) is 0 Å². The minimum Gasteiger partial charge on any atom is -0.497 e. The van der Waals surface area contributed by atoms with Gasteiger partial charge in [0, 0.05) is 6.54 Å². The van der Waals surface area contributed by atoms with Crippen molar-refractivity contribution in [1.29, 1.82) is 0 Å². The van der Waals surface area contributed by atoms with Crippen molar-refractivity contribution in [1.82, 2.24) is 4.90 Å². The highest BCUT2D eigenvalue weighted by atomic mass is 35.5.